The van der Waals surface area contributed by atoms with E-state index in [1.165, 1.54) is 4.88 Å². The van der Waals surface area contributed by atoms with E-state index in [-0.39, 0.29) is 5.54 Å². The van der Waals surface area contributed by atoms with E-state index in [1.54, 1.807) is 11.3 Å². The highest BCUT2D eigenvalue weighted by Crippen LogP contribution is 2.40. The van der Waals surface area contributed by atoms with Gasteiger partial charge >= 0.3 is 0 Å². The summed E-state index contributed by atoms with van der Waals surface area (Å²) in [5.41, 5.74) is 0.111. The quantitative estimate of drug-likeness (QED) is 0.871. The SMILES string of the molecule is Clc1ccc(C2(N3CCNCC3)COC2)s1. The maximum atomic E-state index is 6.03. The standard InChI is InChI=1S/C11H15ClN2OS/c12-10-2-1-9(16-10)11(7-15-8-11)14-5-3-13-4-6-14/h1-2,13H,3-8H2. The molecule has 1 N–H and O–H groups in total. The normalized spacial score (nSPS) is 25.3. The summed E-state index contributed by atoms with van der Waals surface area (Å²) >= 11 is 7.72. The van der Waals surface area contributed by atoms with Crippen LogP contribution in [0.4, 0.5) is 0 Å². The van der Waals surface area contributed by atoms with Gasteiger partial charge in [-0.25, -0.2) is 0 Å². The fraction of sp³-hybridized carbons (Fsp3) is 0.636. The summed E-state index contributed by atoms with van der Waals surface area (Å²) in [6.07, 6.45) is 0. The number of thiophene rings is 1. The van der Waals surface area contributed by atoms with E-state index in [2.05, 4.69) is 16.3 Å². The Kier molecular flexibility index (Phi) is 2.94. The van der Waals surface area contributed by atoms with Gasteiger partial charge in [-0.2, -0.15) is 0 Å². The molecule has 3 heterocycles. The molecular weight excluding hydrogens is 244 g/mol. The number of hydrogen-bond donors (Lipinski definition) is 1. The predicted octanol–water partition coefficient (Wildman–Crippen LogP) is 1.53. The highest BCUT2D eigenvalue weighted by atomic mass is 35.5. The van der Waals surface area contributed by atoms with Crippen molar-refractivity contribution in [3.05, 3.63) is 21.3 Å². The topological polar surface area (TPSA) is 24.5 Å². The zero-order valence-electron chi connectivity index (χ0n) is 9.04. The summed E-state index contributed by atoms with van der Waals surface area (Å²) in [5.74, 6) is 0. The van der Waals surface area contributed by atoms with Crippen molar-refractivity contribution in [3.63, 3.8) is 0 Å². The summed E-state index contributed by atoms with van der Waals surface area (Å²) in [6.45, 7) is 5.95. The Morgan fingerprint density at radius 3 is 2.56 bits per heavy atom. The van der Waals surface area contributed by atoms with Crippen molar-refractivity contribution in [2.45, 2.75) is 5.54 Å². The molecule has 2 fully saturated rings. The van der Waals surface area contributed by atoms with E-state index in [0.29, 0.717) is 0 Å². The van der Waals surface area contributed by atoms with Crippen LogP contribution in [0.1, 0.15) is 4.88 Å². The lowest BCUT2D eigenvalue weighted by molar-refractivity contribution is -0.147. The number of hydrogen-bond acceptors (Lipinski definition) is 4. The van der Waals surface area contributed by atoms with Crippen LogP contribution in [0.25, 0.3) is 0 Å². The minimum absolute atomic E-state index is 0.111. The smallest absolute Gasteiger partial charge is 0.103 e. The maximum Gasteiger partial charge on any atom is 0.103 e. The fourth-order valence-corrected chi connectivity index (χ4v) is 3.66. The maximum absolute atomic E-state index is 6.03. The molecule has 2 aliphatic rings. The minimum atomic E-state index is 0.111. The van der Waals surface area contributed by atoms with Crippen molar-refractivity contribution in [1.82, 2.24) is 10.2 Å². The molecular formula is C11H15ClN2OS. The van der Waals surface area contributed by atoms with Gasteiger partial charge in [-0.05, 0) is 12.1 Å². The molecule has 88 valence electrons. The van der Waals surface area contributed by atoms with Crippen LogP contribution in [0.5, 0.6) is 0 Å². The Hall–Kier alpha value is -0.130. The van der Waals surface area contributed by atoms with E-state index < -0.39 is 0 Å². The van der Waals surface area contributed by atoms with E-state index in [0.717, 1.165) is 43.7 Å². The van der Waals surface area contributed by atoms with E-state index >= 15 is 0 Å². The molecule has 5 heteroatoms. The van der Waals surface area contributed by atoms with Gasteiger partial charge in [0.15, 0.2) is 0 Å². The van der Waals surface area contributed by atoms with Gasteiger partial charge in [0.05, 0.1) is 17.6 Å². The summed E-state index contributed by atoms with van der Waals surface area (Å²) < 4.78 is 6.33. The van der Waals surface area contributed by atoms with Crippen LogP contribution >= 0.6 is 22.9 Å². The average Bonchev–Trinajstić information content (AvgIpc) is 2.65. The first-order valence-corrected chi connectivity index (χ1v) is 6.80. The summed E-state index contributed by atoms with van der Waals surface area (Å²) in [6, 6.07) is 4.14. The lowest BCUT2D eigenvalue weighted by Crippen LogP contribution is -2.63. The van der Waals surface area contributed by atoms with Gasteiger partial charge in [0, 0.05) is 31.1 Å². The van der Waals surface area contributed by atoms with Gasteiger partial charge in [0.25, 0.3) is 0 Å². The Balaban J connectivity index is 1.87. The first-order valence-electron chi connectivity index (χ1n) is 5.61. The first kappa shape index (κ1) is 11.0. The molecule has 0 amide bonds. The number of ether oxygens (including phenoxy) is 1. The number of halogens is 1. The van der Waals surface area contributed by atoms with Gasteiger partial charge in [0.1, 0.15) is 5.54 Å². The molecule has 3 rings (SSSR count). The molecule has 3 nitrogen and oxygen atoms in total. The molecule has 0 aliphatic carbocycles. The van der Waals surface area contributed by atoms with E-state index in [1.807, 2.05) is 6.07 Å². The Labute approximate surface area is 104 Å². The summed E-state index contributed by atoms with van der Waals surface area (Å²) in [7, 11) is 0. The molecule has 1 aromatic rings. The van der Waals surface area contributed by atoms with Gasteiger partial charge in [-0.1, -0.05) is 11.6 Å². The van der Waals surface area contributed by atoms with Crippen molar-refractivity contribution in [3.8, 4) is 0 Å². The molecule has 1 aromatic heterocycles. The van der Waals surface area contributed by atoms with Crippen molar-refractivity contribution in [2.75, 3.05) is 39.4 Å². The molecule has 2 saturated heterocycles. The number of nitrogens with one attached hydrogen (secondary N) is 1. The molecule has 0 spiro atoms. The number of piperazine rings is 1. The lowest BCUT2D eigenvalue weighted by Gasteiger charge is -2.50. The third kappa shape index (κ3) is 1.69. The van der Waals surface area contributed by atoms with Gasteiger partial charge in [0.2, 0.25) is 0 Å². The Morgan fingerprint density at radius 1 is 1.31 bits per heavy atom. The van der Waals surface area contributed by atoms with Crippen LogP contribution in [0, 0.1) is 0 Å². The Bertz CT molecular complexity index is 372. The molecule has 0 unspecified atom stereocenters. The van der Waals surface area contributed by atoms with E-state index in [9.17, 15) is 0 Å². The van der Waals surface area contributed by atoms with Crippen LogP contribution in [0.15, 0.2) is 12.1 Å². The molecule has 16 heavy (non-hydrogen) atoms. The second kappa shape index (κ2) is 4.27. The zero-order chi connectivity index (χ0) is 11.0. The largest absolute Gasteiger partial charge is 0.377 e. The molecule has 0 atom stereocenters. The summed E-state index contributed by atoms with van der Waals surface area (Å²) in [5, 5.41) is 3.39. The van der Waals surface area contributed by atoms with Crippen LogP contribution < -0.4 is 5.32 Å². The monoisotopic (exact) mass is 258 g/mol. The molecule has 0 bridgehead atoms. The second-order valence-electron chi connectivity index (χ2n) is 4.37. The highest BCUT2D eigenvalue weighted by Gasteiger charge is 2.46. The lowest BCUT2D eigenvalue weighted by atomic mass is 9.92. The third-order valence-corrected chi connectivity index (χ3v) is 4.86. The van der Waals surface area contributed by atoms with Crippen LogP contribution in [0.3, 0.4) is 0 Å². The number of nitrogens with zero attached hydrogens (tertiary/aromatic N) is 1. The fourth-order valence-electron chi connectivity index (χ4n) is 2.43. The average molecular weight is 259 g/mol. The Morgan fingerprint density at radius 2 is 2.06 bits per heavy atom. The predicted molar refractivity (Wildman–Crippen MR) is 66.3 cm³/mol. The summed E-state index contributed by atoms with van der Waals surface area (Å²) in [4.78, 5) is 3.89. The van der Waals surface area contributed by atoms with Gasteiger partial charge < -0.3 is 10.1 Å². The van der Waals surface area contributed by atoms with Crippen LogP contribution in [0.2, 0.25) is 4.34 Å². The van der Waals surface area contributed by atoms with Crippen molar-refractivity contribution < 1.29 is 4.74 Å². The third-order valence-electron chi connectivity index (χ3n) is 3.44. The van der Waals surface area contributed by atoms with Crippen molar-refractivity contribution in [2.24, 2.45) is 0 Å². The van der Waals surface area contributed by atoms with Crippen molar-refractivity contribution in [1.29, 1.82) is 0 Å². The number of rotatable bonds is 2. The van der Waals surface area contributed by atoms with Crippen LogP contribution in [-0.2, 0) is 10.3 Å². The van der Waals surface area contributed by atoms with Crippen LogP contribution in [-0.4, -0.2) is 44.3 Å². The molecule has 0 aromatic carbocycles. The molecule has 0 saturated carbocycles. The minimum Gasteiger partial charge on any atom is -0.377 e. The first-order chi connectivity index (χ1) is 7.81. The molecule has 2 aliphatic heterocycles. The zero-order valence-corrected chi connectivity index (χ0v) is 10.6. The molecule has 0 radical (unpaired) electrons. The van der Waals surface area contributed by atoms with Crippen molar-refractivity contribution >= 4 is 22.9 Å². The second-order valence-corrected chi connectivity index (χ2v) is 6.08. The van der Waals surface area contributed by atoms with Gasteiger partial charge in [-0.3, -0.25) is 4.90 Å². The highest BCUT2D eigenvalue weighted by molar-refractivity contribution is 7.16. The van der Waals surface area contributed by atoms with E-state index in [4.69, 9.17) is 16.3 Å². The van der Waals surface area contributed by atoms with Gasteiger partial charge in [-0.15, -0.1) is 11.3 Å².